The number of ether oxygens (including phenoxy) is 3. The van der Waals surface area contributed by atoms with Gasteiger partial charge in [-0.2, -0.15) is 0 Å². The summed E-state index contributed by atoms with van der Waals surface area (Å²) in [6.45, 7) is 9.06. The number of carbonyl (C=O) groups is 2. The number of hydrogen-bond acceptors (Lipinski definition) is 12. The zero-order valence-electron chi connectivity index (χ0n) is 22.0. The molecule has 0 spiro atoms. The van der Waals surface area contributed by atoms with Gasteiger partial charge in [0.05, 0.1) is 23.5 Å². The van der Waals surface area contributed by atoms with Crippen LogP contribution in [0.25, 0.3) is 0 Å². The molecule has 15 heteroatoms. The Bertz CT molecular complexity index is 1090. The van der Waals surface area contributed by atoms with Crippen LogP contribution in [0.15, 0.2) is 15.8 Å². The van der Waals surface area contributed by atoms with E-state index in [0.29, 0.717) is 0 Å². The van der Waals surface area contributed by atoms with Crippen molar-refractivity contribution in [3.8, 4) is 0 Å². The Morgan fingerprint density at radius 1 is 1.05 bits per heavy atom. The minimum absolute atomic E-state index is 0.0299. The molecule has 2 heterocycles. The third-order valence-corrected chi connectivity index (χ3v) is 6.39. The lowest BCUT2D eigenvalue weighted by atomic mass is 9.98. The Morgan fingerprint density at radius 2 is 1.57 bits per heavy atom. The monoisotopic (exact) mass is 550 g/mol. The van der Waals surface area contributed by atoms with E-state index in [1.54, 1.807) is 41.5 Å². The summed E-state index contributed by atoms with van der Waals surface area (Å²) >= 11 is 0. The summed E-state index contributed by atoms with van der Waals surface area (Å²) in [7, 11) is -4.49. The highest BCUT2D eigenvalue weighted by Crippen LogP contribution is 2.50. The van der Waals surface area contributed by atoms with Crippen LogP contribution in [0.4, 0.5) is 0 Å². The fraction of sp³-hybridized carbons (Fsp3) is 0.727. The summed E-state index contributed by atoms with van der Waals surface area (Å²) in [5, 5.41) is 10.4. The Balaban J connectivity index is 2.06. The molecule has 1 aliphatic heterocycles. The fourth-order valence-corrected chi connectivity index (χ4v) is 3.75. The van der Waals surface area contributed by atoms with Crippen LogP contribution >= 0.6 is 7.82 Å². The molecule has 0 aliphatic carbocycles. The van der Waals surface area contributed by atoms with Crippen LogP contribution in [0.2, 0.25) is 0 Å². The van der Waals surface area contributed by atoms with Gasteiger partial charge in [0, 0.05) is 18.2 Å². The first-order valence-electron chi connectivity index (χ1n) is 11.5. The van der Waals surface area contributed by atoms with Crippen LogP contribution in [0.1, 0.15) is 59.8 Å². The average molecular weight is 550 g/mol. The highest BCUT2D eigenvalue weighted by molar-refractivity contribution is 7.48. The second-order valence-corrected chi connectivity index (χ2v) is 12.2. The summed E-state index contributed by atoms with van der Waals surface area (Å²) in [4.78, 5) is 49.8. The van der Waals surface area contributed by atoms with Gasteiger partial charge < -0.3 is 19.3 Å². The number of esters is 2. The summed E-state index contributed by atoms with van der Waals surface area (Å²) in [6.07, 6.45) is -1.88. The molecular formula is C22H35N2O12P. The molecule has 2 N–H and O–H groups in total. The van der Waals surface area contributed by atoms with E-state index in [9.17, 15) is 28.8 Å². The predicted molar refractivity (Wildman–Crippen MR) is 127 cm³/mol. The smallest absolute Gasteiger partial charge is 0.437 e. The van der Waals surface area contributed by atoms with Crippen LogP contribution in [0.5, 0.6) is 0 Å². The first-order valence-corrected chi connectivity index (χ1v) is 12.9. The quantitative estimate of drug-likeness (QED) is 0.245. The number of phosphoric acid groups is 1. The van der Waals surface area contributed by atoms with Crippen LogP contribution < -0.4 is 11.2 Å². The Morgan fingerprint density at radius 3 is 2.05 bits per heavy atom. The first-order chi connectivity index (χ1) is 16.9. The lowest BCUT2D eigenvalue weighted by Gasteiger charge is -2.23. The van der Waals surface area contributed by atoms with Gasteiger partial charge in [0.2, 0.25) is 13.6 Å². The third kappa shape index (κ3) is 8.87. The number of aliphatic hydroxyl groups is 1. The van der Waals surface area contributed by atoms with E-state index in [1.807, 2.05) is 0 Å². The van der Waals surface area contributed by atoms with Crippen molar-refractivity contribution in [1.82, 2.24) is 9.55 Å². The number of aliphatic hydroxyl groups excluding tert-OH is 1. The van der Waals surface area contributed by atoms with E-state index < -0.39 is 80.5 Å². The molecule has 1 aromatic heterocycles. The number of aromatic amines is 1. The van der Waals surface area contributed by atoms with Crippen molar-refractivity contribution in [2.45, 2.75) is 73.3 Å². The second kappa shape index (κ2) is 12.0. The average Bonchev–Trinajstić information content (AvgIpc) is 3.13. The predicted octanol–water partition coefficient (Wildman–Crippen LogP) is 1.74. The van der Waals surface area contributed by atoms with Crippen molar-refractivity contribution < 1.29 is 47.0 Å². The maximum absolute atomic E-state index is 13.1. The van der Waals surface area contributed by atoms with Crippen molar-refractivity contribution >= 4 is 19.8 Å². The first kappa shape index (κ1) is 30.9. The van der Waals surface area contributed by atoms with Crippen molar-refractivity contribution in [3.05, 3.63) is 32.6 Å². The van der Waals surface area contributed by atoms with Crippen LogP contribution in [0.3, 0.4) is 0 Å². The minimum Gasteiger partial charge on any atom is -0.437 e. The van der Waals surface area contributed by atoms with Gasteiger partial charge in [-0.3, -0.25) is 28.5 Å². The molecule has 1 aliphatic rings. The molecule has 0 saturated carbocycles. The van der Waals surface area contributed by atoms with Crippen molar-refractivity contribution in [2.24, 2.45) is 10.8 Å². The highest BCUT2D eigenvalue weighted by Gasteiger charge is 2.39. The summed E-state index contributed by atoms with van der Waals surface area (Å²) < 4.78 is 45.2. The van der Waals surface area contributed by atoms with Gasteiger partial charge in [0.15, 0.2) is 0 Å². The molecule has 3 atom stereocenters. The number of nitrogens with zero attached hydrogens (tertiary/aromatic N) is 1. The van der Waals surface area contributed by atoms with Gasteiger partial charge in [-0.25, -0.2) is 18.4 Å². The number of hydrogen-bond donors (Lipinski definition) is 2. The van der Waals surface area contributed by atoms with Gasteiger partial charge in [-0.1, -0.05) is 0 Å². The lowest BCUT2D eigenvalue weighted by Crippen LogP contribution is -2.33. The molecule has 1 saturated heterocycles. The molecule has 1 fully saturated rings. The number of rotatable bonds is 10. The molecule has 0 unspecified atom stereocenters. The highest BCUT2D eigenvalue weighted by atomic mass is 31.2. The van der Waals surface area contributed by atoms with Gasteiger partial charge in [-0.05, 0) is 48.5 Å². The number of aryl methyl sites for hydroxylation is 1. The number of carbonyl (C=O) groups excluding carboxylic acids is 2. The largest absolute Gasteiger partial charge is 0.480 e. The minimum atomic E-state index is -4.49. The number of nitrogens with one attached hydrogen (secondary N) is 1. The number of phosphoric ester groups is 1. The maximum Gasteiger partial charge on any atom is 0.480 e. The zero-order valence-corrected chi connectivity index (χ0v) is 22.9. The second-order valence-electron chi connectivity index (χ2n) is 10.5. The zero-order chi connectivity index (χ0) is 28.2. The number of H-pyrrole nitrogens is 1. The normalized spacial score (nSPS) is 20.6. The van der Waals surface area contributed by atoms with Gasteiger partial charge in [0.25, 0.3) is 5.56 Å². The van der Waals surface area contributed by atoms with Gasteiger partial charge in [0.1, 0.15) is 12.3 Å². The van der Waals surface area contributed by atoms with Crippen LogP contribution in [0, 0.1) is 17.8 Å². The standard InChI is InChI=1S/C22H35N2O12P/c1-13-9-24(20(29)23-17(13)26)16-8-14(25)15(36-16)10-33-37(30,34-11-31-18(27)21(2,3)4)35-12-32-19(28)22(5,6)7/h9,14-16,25H,8,10-12H2,1-7H3,(H,23,26,29)/t14-,15+,16+/m0/s1. The molecule has 210 valence electrons. The molecule has 2 rings (SSSR count). The van der Waals surface area contributed by atoms with E-state index in [2.05, 4.69) is 4.98 Å². The molecule has 0 amide bonds. The SMILES string of the molecule is Cc1cn([C@H]2C[C@H](O)[C@@H](COP(=O)(OCOC(=O)C(C)(C)C)OCOC(=O)C(C)(C)C)O2)c(=O)[nH]c1=O. The molecular weight excluding hydrogens is 515 g/mol. The summed E-state index contributed by atoms with van der Waals surface area (Å²) in [5.41, 5.74) is -2.72. The Hall–Kier alpha value is -2.35. The van der Waals surface area contributed by atoms with E-state index in [4.69, 9.17) is 27.8 Å². The summed E-state index contributed by atoms with van der Waals surface area (Å²) in [5.74, 6) is -1.28. The molecule has 37 heavy (non-hydrogen) atoms. The van der Waals surface area contributed by atoms with Crippen molar-refractivity contribution in [3.63, 3.8) is 0 Å². The van der Waals surface area contributed by atoms with Crippen molar-refractivity contribution in [1.29, 1.82) is 0 Å². The number of aromatic nitrogens is 2. The fourth-order valence-electron chi connectivity index (χ4n) is 2.83. The maximum atomic E-state index is 13.1. The van der Waals surface area contributed by atoms with E-state index in [0.717, 1.165) is 4.57 Å². The molecule has 1 aromatic rings. The topological polar surface area (TPSA) is 182 Å². The molecule has 0 bridgehead atoms. The van der Waals surface area contributed by atoms with E-state index in [1.165, 1.54) is 13.1 Å². The van der Waals surface area contributed by atoms with Crippen LogP contribution in [-0.2, 0) is 41.9 Å². The van der Waals surface area contributed by atoms with E-state index >= 15 is 0 Å². The van der Waals surface area contributed by atoms with Crippen LogP contribution in [-0.4, -0.2) is 59.0 Å². The lowest BCUT2D eigenvalue weighted by molar-refractivity contribution is -0.163. The summed E-state index contributed by atoms with van der Waals surface area (Å²) in [6, 6.07) is 0. The molecule has 14 nitrogen and oxygen atoms in total. The Labute approximate surface area is 213 Å². The van der Waals surface area contributed by atoms with Gasteiger partial charge in [-0.15, -0.1) is 0 Å². The Kier molecular flexibility index (Phi) is 10.0. The van der Waals surface area contributed by atoms with Crippen molar-refractivity contribution in [2.75, 3.05) is 20.2 Å². The van der Waals surface area contributed by atoms with Gasteiger partial charge >= 0.3 is 25.5 Å². The molecule has 0 aromatic carbocycles. The molecule has 0 radical (unpaired) electrons. The third-order valence-electron chi connectivity index (χ3n) is 5.08. The van der Waals surface area contributed by atoms with E-state index in [-0.39, 0.29) is 12.0 Å².